The maximum absolute atomic E-state index is 5.53. The molecule has 0 rings (SSSR count). The van der Waals surface area contributed by atoms with E-state index in [0.29, 0.717) is 18.4 Å². The van der Waals surface area contributed by atoms with E-state index in [1.165, 1.54) is 0 Å². The highest BCUT2D eigenvalue weighted by Crippen LogP contribution is 1.94. The molecule has 0 aliphatic carbocycles. The predicted octanol–water partition coefficient (Wildman–Crippen LogP) is 2.09. The van der Waals surface area contributed by atoms with Gasteiger partial charge in [-0.15, -0.1) is 23.2 Å². The van der Waals surface area contributed by atoms with Crippen LogP contribution in [0, 0.1) is 0 Å². The van der Waals surface area contributed by atoms with E-state index in [1.54, 1.807) is 5.06 Å². The highest BCUT2D eigenvalue weighted by molar-refractivity contribution is 9.09. The second kappa shape index (κ2) is 9.07. The molecule has 0 fully saturated rings. The maximum Gasteiger partial charge on any atom is 0.0781 e. The molecular weight excluding hydrogens is 253 g/mol. The molecule has 0 heterocycles. The van der Waals surface area contributed by atoms with Gasteiger partial charge in [0.2, 0.25) is 0 Å². The highest BCUT2D eigenvalue weighted by atomic mass is 79.9. The van der Waals surface area contributed by atoms with Crippen molar-refractivity contribution in [2.75, 3.05) is 36.8 Å². The van der Waals surface area contributed by atoms with E-state index in [9.17, 15) is 0 Å². The third-order valence-electron chi connectivity index (χ3n) is 1.02. The minimum atomic E-state index is 0.569. The molecule has 0 aromatic rings. The Morgan fingerprint density at radius 2 is 1.73 bits per heavy atom. The zero-order chi connectivity index (χ0) is 8.53. The quantitative estimate of drug-likeness (QED) is 0.516. The number of rotatable bonds is 7. The summed E-state index contributed by atoms with van der Waals surface area (Å²) in [6.07, 6.45) is 0. The van der Waals surface area contributed by atoms with E-state index in [2.05, 4.69) is 15.9 Å². The molecule has 0 amide bonds. The van der Waals surface area contributed by atoms with Crippen LogP contribution in [0.2, 0.25) is 0 Å². The van der Waals surface area contributed by atoms with Crippen LogP contribution in [0.4, 0.5) is 0 Å². The summed E-state index contributed by atoms with van der Waals surface area (Å²) in [5.41, 5.74) is 0. The first-order chi connectivity index (χ1) is 5.35. The number of alkyl halides is 3. The average molecular weight is 265 g/mol. The van der Waals surface area contributed by atoms with Gasteiger partial charge in [-0.25, -0.2) is 0 Å². The van der Waals surface area contributed by atoms with Gasteiger partial charge in [0.15, 0.2) is 0 Å². The largest absolute Gasteiger partial charge is 0.298 e. The van der Waals surface area contributed by atoms with Crippen molar-refractivity contribution < 1.29 is 4.84 Å². The summed E-state index contributed by atoms with van der Waals surface area (Å²) in [4.78, 5) is 5.29. The molecule has 0 atom stereocenters. The molecule has 0 aliphatic rings. The van der Waals surface area contributed by atoms with Crippen LogP contribution in [-0.2, 0) is 4.84 Å². The lowest BCUT2D eigenvalue weighted by molar-refractivity contribution is -0.145. The van der Waals surface area contributed by atoms with E-state index in [-0.39, 0.29) is 0 Å². The van der Waals surface area contributed by atoms with Crippen LogP contribution in [0.1, 0.15) is 0 Å². The van der Waals surface area contributed by atoms with Crippen LogP contribution in [-0.4, -0.2) is 41.8 Å². The van der Waals surface area contributed by atoms with Crippen LogP contribution in [0.5, 0.6) is 0 Å². The Morgan fingerprint density at radius 3 is 2.09 bits per heavy atom. The number of hydrogen-bond donors (Lipinski definition) is 0. The molecular formula is C6H12BrCl2NO. The number of hydroxylamine groups is 2. The van der Waals surface area contributed by atoms with Crippen molar-refractivity contribution in [3.8, 4) is 0 Å². The van der Waals surface area contributed by atoms with Gasteiger partial charge < -0.3 is 0 Å². The zero-order valence-corrected chi connectivity index (χ0v) is 9.33. The summed E-state index contributed by atoms with van der Waals surface area (Å²) >= 11 is 14.3. The molecule has 5 heteroatoms. The van der Waals surface area contributed by atoms with Gasteiger partial charge in [-0.2, -0.15) is 5.06 Å². The molecule has 0 bridgehead atoms. The van der Waals surface area contributed by atoms with Crippen molar-refractivity contribution >= 4 is 39.1 Å². The van der Waals surface area contributed by atoms with Crippen molar-refractivity contribution in [2.45, 2.75) is 0 Å². The molecule has 0 saturated heterocycles. The third-order valence-corrected chi connectivity index (χ3v) is 1.68. The maximum atomic E-state index is 5.53. The Hall–Kier alpha value is 0.980. The molecule has 68 valence electrons. The lowest BCUT2D eigenvalue weighted by Crippen LogP contribution is -2.28. The SMILES string of the molecule is ClCCN(CCCl)OCCBr. The zero-order valence-electron chi connectivity index (χ0n) is 6.23. The van der Waals surface area contributed by atoms with Gasteiger partial charge in [0, 0.05) is 30.2 Å². The summed E-state index contributed by atoms with van der Waals surface area (Å²) in [7, 11) is 0. The van der Waals surface area contributed by atoms with Gasteiger partial charge in [-0.3, -0.25) is 4.84 Å². The summed E-state index contributed by atoms with van der Waals surface area (Å²) in [6, 6.07) is 0. The smallest absolute Gasteiger partial charge is 0.0781 e. The topological polar surface area (TPSA) is 12.5 Å². The monoisotopic (exact) mass is 263 g/mol. The van der Waals surface area contributed by atoms with Crippen LogP contribution < -0.4 is 0 Å². The molecule has 0 spiro atoms. The van der Waals surface area contributed by atoms with Gasteiger partial charge in [0.1, 0.15) is 0 Å². The summed E-state index contributed by atoms with van der Waals surface area (Å²) in [5, 5.41) is 2.61. The molecule has 0 N–H and O–H groups in total. The Bertz CT molecular complexity index is 81.0. The van der Waals surface area contributed by atoms with E-state index < -0.39 is 0 Å². The second-order valence-corrected chi connectivity index (χ2v) is 3.38. The molecule has 2 nitrogen and oxygen atoms in total. The van der Waals surface area contributed by atoms with Crippen LogP contribution in [0.3, 0.4) is 0 Å². The number of nitrogens with zero attached hydrogens (tertiary/aromatic N) is 1. The van der Waals surface area contributed by atoms with E-state index in [1.807, 2.05) is 0 Å². The molecule has 0 unspecified atom stereocenters. The highest BCUT2D eigenvalue weighted by Gasteiger charge is 2.01. The van der Waals surface area contributed by atoms with E-state index >= 15 is 0 Å². The van der Waals surface area contributed by atoms with Crippen LogP contribution in [0.15, 0.2) is 0 Å². The fourth-order valence-electron chi connectivity index (χ4n) is 0.593. The Morgan fingerprint density at radius 1 is 1.18 bits per heavy atom. The Kier molecular flexibility index (Phi) is 9.88. The van der Waals surface area contributed by atoms with Crippen LogP contribution in [0.25, 0.3) is 0 Å². The lowest BCUT2D eigenvalue weighted by atomic mass is 10.6. The second-order valence-electron chi connectivity index (χ2n) is 1.83. The standard InChI is InChI=1S/C6H12BrCl2NO/c7-1-6-11-10(4-2-8)5-3-9/h1-6H2. The van der Waals surface area contributed by atoms with Gasteiger partial charge in [0.05, 0.1) is 6.61 Å². The van der Waals surface area contributed by atoms with Gasteiger partial charge >= 0.3 is 0 Å². The Labute approximate surface area is 85.9 Å². The van der Waals surface area contributed by atoms with E-state index in [4.69, 9.17) is 28.0 Å². The molecule has 0 aliphatic heterocycles. The number of halogens is 3. The summed E-state index contributed by atoms with van der Waals surface area (Å²) in [6.45, 7) is 2.11. The first kappa shape index (κ1) is 12.0. The van der Waals surface area contributed by atoms with Gasteiger partial charge in [-0.1, -0.05) is 15.9 Å². The summed E-state index contributed by atoms with van der Waals surface area (Å²) in [5.74, 6) is 1.14. The van der Waals surface area contributed by atoms with E-state index in [0.717, 1.165) is 18.4 Å². The molecule has 0 saturated carbocycles. The lowest BCUT2D eigenvalue weighted by Gasteiger charge is -2.18. The van der Waals surface area contributed by atoms with Crippen molar-refractivity contribution in [3.05, 3.63) is 0 Å². The fourth-order valence-corrected chi connectivity index (χ4v) is 1.11. The first-order valence-electron chi connectivity index (χ1n) is 3.41. The molecule has 0 aromatic carbocycles. The molecule has 0 radical (unpaired) electrons. The van der Waals surface area contributed by atoms with Crippen LogP contribution >= 0.6 is 39.1 Å². The average Bonchev–Trinajstić information content (AvgIpc) is 2.01. The first-order valence-corrected chi connectivity index (χ1v) is 5.60. The third kappa shape index (κ3) is 7.34. The number of hydrogen-bond acceptors (Lipinski definition) is 2. The van der Waals surface area contributed by atoms with Crippen molar-refractivity contribution in [3.63, 3.8) is 0 Å². The van der Waals surface area contributed by atoms with Crippen molar-refractivity contribution in [1.29, 1.82) is 0 Å². The normalized spacial score (nSPS) is 10.9. The minimum absolute atomic E-state index is 0.569. The molecule has 11 heavy (non-hydrogen) atoms. The van der Waals surface area contributed by atoms with Crippen molar-refractivity contribution in [1.82, 2.24) is 5.06 Å². The Balaban J connectivity index is 3.34. The summed E-state index contributed by atoms with van der Waals surface area (Å²) < 4.78 is 0. The predicted molar refractivity (Wildman–Crippen MR) is 52.8 cm³/mol. The van der Waals surface area contributed by atoms with Crippen molar-refractivity contribution in [2.24, 2.45) is 0 Å². The van der Waals surface area contributed by atoms with Gasteiger partial charge in [0.25, 0.3) is 0 Å². The molecule has 0 aromatic heterocycles. The van der Waals surface area contributed by atoms with Gasteiger partial charge in [-0.05, 0) is 0 Å². The fraction of sp³-hybridized carbons (Fsp3) is 1.00. The minimum Gasteiger partial charge on any atom is -0.298 e.